The van der Waals surface area contributed by atoms with Crippen LogP contribution >= 0.6 is 11.6 Å². The Morgan fingerprint density at radius 2 is 1.90 bits per heavy atom. The van der Waals surface area contributed by atoms with Crippen molar-refractivity contribution in [3.05, 3.63) is 69.7 Å². The number of aryl methyl sites for hydroxylation is 1. The zero-order valence-electron chi connectivity index (χ0n) is 15.8. The van der Waals surface area contributed by atoms with E-state index in [1.807, 2.05) is 0 Å². The summed E-state index contributed by atoms with van der Waals surface area (Å²) >= 11 is 5.89. The number of carbonyl (C=O) groups is 3. The van der Waals surface area contributed by atoms with Crippen LogP contribution in [0.5, 0.6) is 0 Å². The zero-order chi connectivity index (χ0) is 21.5. The molecule has 1 aliphatic rings. The summed E-state index contributed by atoms with van der Waals surface area (Å²) in [5.41, 5.74) is 2.41. The number of halogens is 1. The van der Waals surface area contributed by atoms with Crippen LogP contribution in [0.1, 0.15) is 18.9 Å². The normalized spacial score (nSPS) is 18.7. The first-order chi connectivity index (χ1) is 14.3. The molecular weight excluding hydrogens is 412 g/mol. The van der Waals surface area contributed by atoms with Gasteiger partial charge in [-0.15, -0.1) is 0 Å². The van der Waals surface area contributed by atoms with Crippen molar-refractivity contribution in [1.82, 2.24) is 20.3 Å². The van der Waals surface area contributed by atoms with Crippen molar-refractivity contribution in [2.24, 2.45) is 0 Å². The van der Waals surface area contributed by atoms with Crippen LogP contribution in [0.25, 0.3) is 11.1 Å². The summed E-state index contributed by atoms with van der Waals surface area (Å²) in [6.07, 6.45) is -0.156. The number of carbonyl (C=O) groups excluding carboxylic acids is 3. The van der Waals surface area contributed by atoms with Crippen molar-refractivity contribution in [3.63, 3.8) is 0 Å². The minimum absolute atomic E-state index is 0.00109. The molecule has 30 heavy (non-hydrogen) atoms. The van der Waals surface area contributed by atoms with Crippen molar-refractivity contribution in [3.8, 4) is 0 Å². The number of rotatable bonds is 5. The SMILES string of the molecule is C[C@@]1(c2ccccc2)NC(=O)N(NC(=O)CCn2c(=O)oc3cc(Cl)ccc32)C1=O. The molecule has 2 N–H and O–H groups in total. The lowest BCUT2D eigenvalue weighted by Crippen LogP contribution is -2.48. The van der Waals surface area contributed by atoms with E-state index in [2.05, 4.69) is 10.7 Å². The van der Waals surface area contributed by atoms with Gasteiger partial charge in [-0.25, -0.2) is 9.59 Å². The summed E-state index contributed by atoms with van der Waals surface area (Å²) < 4.78 is 6.40. The molecule has 0 spiro atoms. The smallest absolute Gasteiger partial charge is 0.408 e. The first-order valence-electron chi connectivity index (χ1n) is 9.10. The molecule has 0 saturated carbocycles. The van der Waals surface area contributed by atoms with Gasteiger partial charge in [-0.3, -0.25) is 19.6 Å². The molecule has 0 radical (unpaired) electrons. The molecule has 1 fully saturated rings. The fraction of sp³-hybridized carbons (Fsp3) is 0.200. The number of imide groups is 1. The van der Waals surface area contributed by atoms with Crippen LogP contribution in [0.15, 0.2) is 57.7 Å². The number of amides is 4. The topological polar surface area (TPSA) is 114 Å². The molecule has 2 aromatic carbocycles. The van der Waals surface area contributed by atoms with E-state index in [0.717, 1.165) is 0 Å². The third-order valence-electron chi connectivity index (χ3n) is 4.97. The van der Waals surface area contributed by atoms with Gasteiger partial charge in [0.15, 0.2) is 5.58 Å². The van der Waals surface area contributed by atoms with E-state index in [-0.39, 0.29) is 13.0 Å². The standard InChI is InChI=1S/C20H17ClN4O5/c1-20(12-5-3-2-4-6-12)17(27)25(18(28)22-20)23-16(26)9-10-24-14-8-7-13(21)11-15(14)30-19(24)29/h2-8,11H,9-10H2,1H3,(H,22,28)(H,23,26)/t20-/m0/s1. The number of oxazole rings is 1. The summed E-state index contributed by atoms with van der Waals surface area (Å²) in [6, 6.07) is 12.7. The summed E-state index contributed by atoms with van der Waals surface area (Å²) in [5, 5.41) is 3.68. The Morgan fingerprint density at radius 1 is 1.17 bits per heavy atom. The Morgan fingerprint density at radius 3 is 2.63 bits per heavy atom. The Balaban J connectivity index is 1.46. The Bertz CT molecular complexity index is 1220. The predicted octanol–water partition coefficient (Wildman–Crippen LogP) is 2.14. The van der Waals surface area contributed by atoms with E-state index in [0.29, 0.717) is 26.7 Å². The molecule has 1 saturated heterocycles. The number of hydrogen-bond donors (Lipinski definition) is 2. The van der Waals surface area contributed by atoms with Gasteiger partial charge in [0.05, 0.1) is 5.52 Å². The Labute approximate surface area is 175 Å². The largest absolute Gasteiger partial charge is 0.419 e. The van der Waals surface area contributed by atoms with Gasteiger partial charge in [0.2, 0.25) is 5.91 Å². The van der Waals surface area contributed by atoms with E-state index in [1.54, 1.807) is 49.4 Å². The maximum atomic E-state index is 12.8. The van der Waals surface area contributed by atoms with E-state index in [4.69, 9.17) is 16.0 Å². The fourth-order valence-corrected chi connectivity index (χ4v) is 3.52. The highest BCUT2D eigenvalue weighted by Gasteiger charge is 2.49. The number of fused-ring (bicyclic) bond motifs is 1. The van der Waals surface area contributed by atoms with Crippen LogP contribution in [0.4, 0.5) is 4.79 Å². The fourth-order valence-electron chi connectivity index (χ4n) is 3.35. The van der Waals surface area contributed by atoms with Crippen molar-refractivity contribution >= 4 is 40.5 Å². The van der Waals surface area contributed by atoms with Crippen LogP contribution in [-0.2, 0) is 21.7 Å². The molecule has 10 heteroatoms. The van der Waals surface area contributed by atoms with Crippen LogP contribution in [0, 0.1) is 0 Å². The van der Waals surface area contributed by atoms with Crippen LogP contribution < -0.4 is 16.5 Å². The monoisotopic (exact) mass is 428 g/mol. The molecule has 0 unspecified atom stereocenters. The van der Waals surface area contributed by atoms with Crippen LogP contribution in [-0.4, -0.2) is 27.4 Å². The second kappa shape index (κ2) is 7.34. The molecule has 1 aromatic heterocycles. The highest BCUT2D eigenvalue weighted by molar-refractivity contribution is 6.31. The second-order valence-corrected chi connectivity index (χ2v) is 7.41. The van der Waals surface area contributed by atoms with Gasteiger partial charge in [0.1, 0.15) is 5.54 Å². The third-order valence-corrected chi connectivity index (χ3v) is 5.21. The second-order valence-electron chi connectivity index (χ2n) is 6.98. The van der Waals surface area contributed by atoms with Gasteiger partial charge < -0.3 is 9.73 Å². The summed E-state index contributed by atoms with van der Waals surface area (Å²) in [5.74, 6) is -1.84. The number of nitrogens with zero attached hydrogens (tertiary/aromatic N) is 2. The van der Waals surface area contributed by atoms with Crippen LogP contribution in [0.3, 0.4) is 0 Å². The third kappa shape index (κ3) is 3.33. The summed E-state index contributed by atoms with van der Waals surface area (Å²) in [6.45, 7) is 1.57. The van der Waals surface area contributed by atoms with Crippen LogP contribution in [0.2, 0.25) is 5.02 Å². The van der Waals surface area contributed by atoms with Gasteiger partial charge in [0, 0.05) is 24.1 Å². The molecular formula is C20H17ClN4O5. The highest BCUT2D eigenvalue weighted by atomic mass is 35.5. The van der Waals surface area contributed by atoms with Gasteiger partial charge >= 0.3 is 11.8 Å². The number of urea groups is 1. The highest BCUT2D eigenvalue weighted by Crippen LogP contribution is 2.27. The molecule has 2 heterocycles. The minimum Gasteiger partial charge on any atom is -0.408 e. The van der Waals surface area contributed by atoms with E-state index in [1.165, 1.54) is 10.6 Å². The summed E-state index contributed by atoms with van der Waals surface area (Å²) in [4.78, 5) is 49.5. The maximum Gasteiger partial charge on any atom is 0.419 e. The lowest BCUT2D eigenvalue weighted by atomic mass is 9.92. The molecule has 0 aliphatic carbocycles. The number of aromatic nitrogens is 1. The minimum atomic E-state index is -1.29. The zero-order valence-corrected chi connectivity index (χ0v) is 16.6. The molecule has 4 rings (SSSR count). The quantitative estimate of drug-likeness (QED) is 0.604. The van der Waals surface area contributed by atoms with Crippen molar-refractivity contribution < 1.29 is 18.8 Å². The molecule has 3 aromatic rings. The van der Waals surface area contributed by atoms with E-state index in [9.17, 15) is 19.2 Å². The van der Waals surface area contributed by atoms with Gasteiger partial charge in [0.25, 0.3) is 5.91 Å². The lowest BCUT2D eigenvalue weighted by molar-refractivity contribution is -0.139. The number of benzene rings is 2. The molecule has 1 aliphatic heterocycles. The van der Waals surface area contributed by atoms with Gasteiger partial charge in [-0.05, 0) is 24.6 Å². The first-order valence-corrected chi connectivity index (χ1v) is 9.48. The van der Waals surface area contributed by atoms with Crippen molar-refractivity contribution in [2.75, 3.05) is 0 Å². The Kier molecular flexibility index (Phi) is 4.83. The van der Waals surface area contributed by atoms with Crippen molar-refractivity contribution in [1.29, 1.82) is 0 Å². The van der Waals surface area contributed by atoms with Crippen molar-refractivity contribution in [2.45, 2.75) is 25.4 Å². The molecule has 1 atom stereocenters. The average molecular weight is 429 g/mol. The molecule has 9 nitrogen and oxygen atoms in total. The summed E-state index contributed by atoms with van der Waals surface area (Å²) in [7, 11) is 0. The maximum absolute atomic E-state index is 12.8. The Hall–Kier alpha value is -3.59. The molecule has 0 bridgehead atoms. The number of hydrogen-bond acceptors (Lipinski definition) is 5. The molecule has 4 amide bonds. The predicted molar refractivity (Wildman–Crippen MR) is 107 cm³/mol. The van der Waals surface area contributed by atoms with Gasteiger partial charge in [-0.1, -0.05) is 41.9 Å². The number of nitrogens with one attached hydrogen (secondary N) is 2. The van der Waals surface area contributed by atoms with Gasteiger partial charge in [-0.2, -0.15) is 5.01 Å². The molecule has 154 valence electrons. The average Bonchev–Trinajstić information content (AvgIpc) is 3.14. The van der Waals surface area contributed by atoms with E-state index < -0.39 is 29.1 Å². The number of hydrazine groups is 1. The van der Waals surface area contributed by atoms with E-state index >= 15 is 0 Å². The lowest BCUT2D eigenvalue weighted by Gasteiger charge is -2.22. The first kappa shape index (κ1) is 19.7.